The first-order chi connectivity index (χ1) is 10.2. The predicted molar refractivity (Wildman–Crippen MR) is 78.1 cm³/mol. The van der Waals surface area contributed by atoms with Crippen molar-refractivity contribution in [1.82, 2.24) is 9.80 Å². The van der Waals surface area contributed by atoms with Crippen LogP contribution in [0.15, 0.2) is 42.5 Å². The van der Waals surface area contributed by atoms with Crippen molar-refractivity contribution in [2.24, 2.45) is 11.8 Å². The maximum atomic E-state index is 12.7. The molecule has 4 heteroatoms. The summed E-state index contributed by atoms with van der Waals surface area (Å²) in [6.07, 6.45) is 4.45. The van der Waals surface area contributed by atoms with Crippen LogP contribution in [-0.4, -0.2) is 40.7 Å². The van der Waals surface area contributed by atoms with Crippen molar-refractivity contribution < 1.29 is 9.59 Å². The molecule has 0 N–H and O–H groups in total. The van der Waals surface area contributed by atoms with Crippen molar-refractivity contribution in [3.8, 4) is 0 Å². The predicted octanol–water partition coefficient (Wildman–Crippen LogP) is 1.43. The van der Waals surface area contributed by atoms with Crippen LogP contribution in [0, 0.1) is 11.8 Å². The molecule has 0 saturated carbocycles. The van der Waals surface area contributed by atoms with Gasteiger partial charge in [0, 0.05) is 32.0 Å². The van der Waals surface area contributed by atoms with Crippen LogP contribution in [0.25, 0.3) is 0 Å². The lowest BCUT2D eigenvalue weighted by molar-refractivity contribution is -0.135. The Hall–Kier alpha value is -2.10. The highest BCUT2D eigenvalue weighted by Crippen LogP contribution is 2.39. The Balaban J connectivity index is 1.54. The van der Waals surface area contributed by atoms with E-state index < -0.39 is 0 Å². The summed E-state index contributed by atoms with van der Waals surface area (Å²) in [5.74, 6) is 0.627. The summed E-state index contributed by atoms with van der Waals surface area (Å²) in [5, 5.41) is 0. The van der Waals surface area contributed by atoms with Gasteiger partial charge in [-0.15, -0.1) is 0 Å². The lowest BCUT2D eigenvalue weighted by Crippen LogP contribution is -2.42. The highest BCUT2D eigenvalue weighted by Gasteiger charge is 2.52. The maximum absolute atomic E-state index is 12.7. The monoisotopic (exact) mass is 282 g/mol. The molecule has 4 nitrogen and oxygen atoms in total. The normalized spacial score (nSPS) is 30.8. The summed E-state index contributed by atoms with van der Waals surface area (Å²) in [7, 11) is 0. The Morgan fingerprint density at radius 3 is 2.71 bits per heavy atom. The van der Waals surface area contributed by atoms with Crippen LogP contribution in [0.1, 0.15) is 12.0 Å². The first-order valence-corrected chi connectivity index (χ1v) is 7.53. The average molecular weight is 282 g/mol. The Labute approximate surface area is 124 Å². The van der Waals surface area contributed by atoms with Gasteiger partial charge in [-0.05, 0) is 5.56 Å². The van der Waals surface area contributed by atoms with E-state index >= 15 is 0 Å². The molecule has 1 aromatic carbocycles. The summed E-state index contributed by atoms with van der Waals surface area (Å²) >= 11 is 0. The second-order valence-corrected chi connectivity index (χ2v) is 6.16. The average Bonchev–Trinajstić information content (AvgIpc) is 2.99. The number of likely N-dealkylation sites (tertiary alicyclic amines) is 1. The van der Waals surface area contributed by atoms with Crippen molar-refractivity contribution in [2.75, 3.05) is 13.1 Å². The van der Waals surface area contributed by atoms with Crippen LogP contribution in [0.5, 0.6) is 0 Å². The molecule has 0 aromatic heterocycles. The molecule has 3 aliphatic heterocycles. The molecule has 0 radical (unpaired) electrons. The molecule has 4 rings (SSSR count). The van der Waals surface area contributed by atoms with Gasteiger partial charge in [0.1, 0.15) is 0 Å². The number of fused-ring (bicyclic) bond motifs is 3. The van der Waals surface area contributed by atoms with E-state index in [0.717, 1.165) is 18.7 Å². The fourth-order valence-electron chi connectivity index (χ4n) is 3.93. The van der Waals surface area contributed by atoms with Crippen LogP contribution >= 0.6 is 0 Å². The molecule has 2 saturated heterocycles. The van der Waals surface area contributed by atoms with Crippen LogP contribution in [0.2, 0.25) is 0 Å². The minimum Gasteiger partial charge on any atom is -0.338 e. The zero-order valence-electron chi connectivity index (χ0n) is 11.8. The third kappa shape index (κ3) is 1.97. The lowest BCUT2D eigenvalue weighted by atomic mass is 9.92. The highest BCUT2D eigenvalue weighted by atomic mass is 16.2. The SMILES string of the molecule is O=C1[C@H]2[C@@H](CN1Cc1ccccc1)CN1C(=O)CC=C[C@H]21. The van der Waals surface area contributed by atoms with Crippen LogP contribution < -0.4 is 0 Å². The second-order valence-electron chi connectivity index (χ2n) is 6.16. The van der Waals surface area contributed by atoms with Gasteiger partial charge < -0.3 is 9.80 Å². The van der Waals surface area contributed by atoms with Crippen molar-refractivity contribution >= 4 is 11.8 Å². The molecule has 0 spiro atoms. The summed E-state index contributed by atoms with van der Waals surface area (Å²) in [4.78, 5) is 28.5. The zero-order valence-corrected chi connectivity index (χ0v) is 11.8. The molecule has 0 aliphatic carbocycles. The fraction of sp³-hybridized carbons (Fsp3) is 0.412. The van der Waals surface area contributed by atoms with Gasteiger partial charge in [0.15, 0.2) is 0 Å². The van der Waals surface area contributed by atoms with Crippen LogP contribution in [0.4, 0.5) is 0 Å². The van der Waals surface area contributed by atoms with Crippen molar-refractivity contribution in [3.05, 3.63) is 48.0 Å². The number of benzene rings is 1. The van der Waals surface area contributed by atoms with Gasteiger partial charge in [-0.1, -0.05) is 42.5 Å². The van der Waals surface area contributed by atoms with Crippen molar-refractivity contribution in [1.29, 1.82) is 0 Å². The first kappa shape index (κ1) is 12.6. The Morgan fingerprint density at radius 2 is 1.90 bits per heavy atom. The first-order valence-electron chi connectivity index (χ1n) is 7.53. The summed E-state index contributed by atoms with van der Waals surface area (Å²) < 4.78 is 0. The smallest absolute Gasteiger partial charge is 0.228 e. The van der Waals surface area contributed by atoms with Crippen molar-refractivity contribution in [3.63, 3.8) is 0 Å². The lowest BCUT2D eigenvalue weighted by Gasteiger charge is -2.29. The summed E-state index contributed by atoms with van der Waals surface area (Å²) in [6.45, 7) is 2.18. The maximum Gasteiger partial charge on any atom is 0.228 e. The molecule has 0 unspecified atom stereocenters. The van der Waals surface area contributed by atoms with E-state index in [1.165, 1.54) is 0 Å². The van der Waals surface area contributed by atoms with E-state index in [-0.39, 0.29) is 29.7 Å². The molecule has 108 valence electrons. The van der Waals surface area contributed by atoms with Gasteiger partial charge in [-0.25, -0.2) is 0 Å². The molecule has 2 fully saturated rings. The quantitative estimate of drug-likeness (QED) is 0.770. The molecule has 21 heavy (non-hydrogen) atoms. The van der Waals surface area contributed by atoms with Crippen LogP contribution in [-0.2, 0) is 16.1 Å². The molecule has 2 amide bonds. The van der Waals surface area contributed by atoms with E-state index in [4.69, 9.17) is 0 Å². The van der Waals surface area contributed by atoms with Gasteiger partial charge in [0.2, 0.25) is 11.8 Å². The summed E-state index contributed by atoms with van der Waals surface area (Å²) in [5.41, 5.74) is 1.16. The van der Waals surface area contributed by atoms with Gasteiger partial charge >= 0.3 is 0 Å². The minimum atomic E-state index is -0.0331. The van der Waals surface area contributed by atoms with E-state index in [9.17, 15) is 9.59 Å². The minimum absolute atomic E-state index is 0.00970. The standard InChI is InChI=1S/C17H18N2O2/c20-15-8-4-7-14-16-13(11-19(14)15)10-18(17(16)21)9-12-5-2-1-3-6-12/h1-7,13-14,16H,8-11H2/t13-,14+,16-/m0/s1. The summed E-state index contributed by atoms with van der Waals surface area (Å²) in [6, 6.07) is 10.1. The number of rotatable bonds is 2. The third-order valence-electron chi connectivity index (χ3n) is 4.88. The van der Waals surface area contributed by atoms with Crippen LogP contribution in [0.3, 0.4) is 0 Å². The number of carbonyl (C=O) groups is 2. The van der Waals surface area contributed by atoms with E-state index in [1.54, 1.807) is 0 Å². The van der Waals surface area contributed by atoms with E-state index in [0.29, 0.717) is 13.0 Å². The molecule has 3 aliphatic rings. The second kappa shape index (κ2) is 4.72. The van der Waals surface area contributed by atoms with Crippen molar-refractivity contribution in [2.45, 2.75) is 19.0 Å². The number of hydrogen-bond donors (Lipinski definition) is 0. The Bertz CT molecular complexity index is 610. The van der Waals surface area contributed by atoms with Gasteiger partial charge in [0.05, 0.1) is 12.0 Å². The molecule has 3 heterocycles. The Kier molecular flexibility index (Phi) is 2.84. The zero-order chi connectivity index (χ0) is 14.4. The highest BCUT2D eigenvalue weighted by molar-refractivity contribution is 5.87. The van der Waals surface area contributed by atoms with E-state index in [2.05, 4.69) is 18.2 Å². The van der Waals surface area contributed by atoms with Gasteiger partial charge in [0.25, 0.3) is 0 Å². The molecular formula is C17H18N2O2. The fourth-order valence-corrected chi connectivity index (χ4v) is 3.93. The molecule has 0 bridgehead atoms. The number of amides is 2. The molecular weight excluding hydrogens is 264 g/mol. The van der Waals surface area contributed by atoms with Gasteiger partial charge in [-0.2, -0.15) is 0 Å². The molecule has 1 aromatic rings. The number of carbonyl (C=O) groups excluding carboxylic acids is 2. The third-order valence-corrected chi connectivity index (χ3v) is 4.88. The van der Waals surface area contributed by atoms with E-state index in [1.807, 2.05) is 34.1 Å². The number of hydrogen-bond acceptors (Lipinski definition) is 2. The van der Waals surface area contributed by atoms with Gasteiger partial charge in [-0.3, -0.25) is 9.59 Å². The topological polar surface area (TPSA) is 40.6 Å². The Morgan fingerprint density at radius 1 is 1.10 bits per heavy atom. The largest absolute Gasteiger partial charge is 0.338 e. The number of nitrogens with zero attached hydrogens (tertiary/aromatic N) is 2. The molecule has 3 atom stereocenters.